The van der Waals surface area contributed by atoms with E-state index in [1.807, 2.05) is 19.5 Å². The number of amides is 1. The van der Waals surface area contributed by atoms with E-state index in [0.717, 1.165) is 17.0 Å². The van der Waals surface area contributed by atoms with Crippen LogP contribution in [-0.2, 0) is 11.3 Å². The van der Waals surface area contributed by atoms with Crippen molar-refractivity contribution >= 4 is 17.2 Å². The summed E-state index contributed by atoms with van der Waals surface area (Å²) in [7, 11) is 1.84. The van der Waals surface area contributed by atoms with Gasteiger partial charge in [0.25, 0.3) is 0 Å². The molecule has 0 fully saturated rings. The lowest BCUT2D eigenvalue weighted by Gasteiger charge is -2.17. The number of carbonyl (C=O) groups is 1. The van der Waals surface area contributed by atoms with Gasteiger partial charge in [0.15, 0.2) is 0 Å². The van der Waals surface area contributed by atoms with Crippen molar-refractivity contribution in [3.05, 3.63) is 16.1 Å². The molecule has 0 aromatic carbocycles. The van der Waals surface area contributed by atoms with E-state index in [9.17, 15) is 4.79 Å². The molecule has 1 amide bonds. The van der Waals surface area contributed by atoms with Crippen LogP contribution in [-0.4, -0.2) is 29.4 Å². The minimum Gasteiger partial charge on any atom is -0.341 e. The molecule has 1 aromatic rings. The largest absolute Gasteiger partial charge is 0.341 e. The zero-order valence-corrected chi connectivity index (χ0v) is 11.6. The summed E-state index contributed by atoms with van der Waals surface area (Å²) < 4.78 is 0. The summed E-state index contributed by atoms with van der Waals surface area (Å²) in [6, 6.07) is 0. The Balaban J connectivity index is 2.40. The topological polar surface area (TPSA) is 59.2 Å². The monoisotopic (exact) mass is 255 g/mol. The molecule has 2 N–H and O–H groups in total. The molecule has 4 nitrogen and oxygen atoms in total. The van der Waals surface area contributed by atoms with Crippen molar-refractivity contribution in [3.63, 3.8) is 0 Å². The number of aryl methyl sites for hydroxylation is 1. The average molecular weight is 255 g/mol. The molecule has 0 saturated carbocycles. The minimum atomic E-state index is 0.179. The van der Waals surface area contributed by atoms with E-state index in [0.29, 0.717) is 25.4 Å². The first kappa shape index (κ1) is 14.1. The van der Waals surface area contributed by atoms with E-state index in [1.165, 1.54) is 0 Å². The van der Waals surface area contributed by atoms with Gasteiger partial charge in [-0.1, -0.05) is 6.92 Å². The molecule has 1 rings (SSSR count). The van der Waals surface area contributed by atoms with E-state index < -0.39 is 0 Å². The van der Waals surface area contributed by atoms with Gasteiger partial charge in [-0.25, -0.2) is 4.98 Å². The van der Waals surface area contributed by atoms with E-state index >= 15 is 0 Å². The van der Waals surface area contributed by atoms with Gasteiger partial charge in [0, 0.05) is 18.3 Å². The Morgan fingerprint density at radius 3 is 2.88 bits per heavy atom. The zero-order valence-electron chi connectivity index (χ0n) is 10.8. The van der Waals surface area contributed by atoms with Gasteiger partial charge < -0.3 is 10.6 Å². The number of hydrogen-bond donors (Lipinski definition) is 1. The summed E-state index contributed by atoms with van der Waals surface area (Å²) in [5.74, 6) is 0.593. The highest BCUT2D eigenvalue weighted by Crippen LogP contribution is 2.15. The standard InChI is InChI=1S/C12H21N3OS/c1-9(6-13)4-5-12(16)15(3)7-11-10(2)14-8-17-11/h8-9H,4-7,13H2,1-3H3. The maximum Gasteiger partial charge on any atom is 0.222 e. The van der Waals surface area contributed by atoms with E-state index in [4.69, 9.17) is 5.73 Å². The summed E-state index contributed by atoms with van der Waals surface area (Å²) in [5, 5.41) is 0. The molecule has 0 radical (unpaired) electrons. The molecule has 1 unspecified atom stereocenters. The summed E-state index contributed by atoms with van der Waals surface area (Å²) in [5.41, 5.74) is 8.37. The Hall–Kier alpha value is -0.940. The van der Waals surface area contributed by atoms with Crippen LogP contribution in [0.3, 0.4) is 0 Å². The Morgan fingerprint density at radius 1 is 1.65 bits per heavy atom. The number of nitrogens with two attached hydrogens (primary N) is 1. The molecule has 1 heterocycles. The highest BCUT2D eigenvalue weighted by molar-refractivity contribution is 7.09. The van der Waals surface area contributed by atoms with Crippen LogP contribution in [0.2, 0.25) is 0 Å². The summed E-state index contributed by atoms with van der Waals surface area (Å²) >= 11 is 1.60. The van der Waals surface area contributed by atoms with Gasteiger partial charge in [-0.2, -0.15) is 0 Å². The fourth-order valence-electron chi connectivity index (χ4n) is 1.46. The quantitative estimate of drug-likeness (QED) is 0.843. The van der Waals surface area contributed by atoms with E-state index in [2.05, 4.69) is 11.9 Å². The fraction of sp³-hybridized carbons (Fsp3) is 0.667. The maximum atomic E-state index is 11.9. The van der Waals surface area contributed by atoms with Crippen LogP contribution < -0.4 is 5.73 Å². The number of hydrogen-bond acceptors (Lipinski definition) is 4. The van der Waals surface area contributed by atoms with Gasteiger partial charge in [-0.05, 0) is 25.8 Å². The van der Waals surface area contributed by atoms with Crippen molar-refractivity contribution in [3.8, 4) is 0 Å². The maximum absolute atomic E-state index is 11.9. The molecule has 0 aliphatic carbocycles. The van der Waals surface area contributed by atoms with E-state index in [-0.39, 0.29) is 5.91 Å². The average Bonchev–Trinajstić information content (AvgIpc) is 2.71. The zero-order chi connectivity index (χ0) is 12.8. The third-order valence-electron chi connectivity index (χ3n) is 2.90. The second kappa shape index (κ2) is 6.71. The molecule has 0 aliphatic heterocycles. The van der Waals surface area contributed by atoms with Crippen LogP contribution in [0.25, 0.3) is 0 Å². The predicted molar refractivity (Wildman–Crippen MR) is 70.8 cm³/mol. The predicted octanol–water partition coefficient (Wildman–Crippen LogP) is 1.78. The number of aromatic nitrogens is 1. The first-order valence-corrected chi connectivity index (χ1v) is 6.75. The van der Waals surface area contributed by atoms with Crippen molar-refractivity contribution < 1.29 is 4.79 Å². The van der Waals surface area contributed by atoms with Gasteiger partial charge in [-0.15, -0.1) is 11.3 Å². The van der Waals surface area contributed by atoms with Crippen LogP contribution in [0, 0.1) is 12.8 Å². The first-order chi connectivity index (χ1) is 8.04. The molecule has 1 aromatic heterocycles. The van der Waals surface area contributed by atoms with Crippen molar-refractivity contribution in [2.45, 2.75) is 33.2 Å². The van der Waals surface area contributed by atoms with Crippen LogP contribution in [0.1, 0.15) is 30.3 Å². The van der Waals surface area contributed by atoms with Crippen LogP contribution in [0.15, 0.2) is 5.51 Å². The molecule has 96 valence electrons. The lowest BCUT2D eigenvalue weighted by atomic mass is 10.1. The molecular formula is C12H21N3OS. The second-order valence-electron chi connectivity index (χ2n) is 4.49. The molecule has 0 saturated heterocycles. The van der Waals surface area contributed by atoms with E-state index in [1.54, 1.807) is 16.2 Å². The summed E-state index contributed by atoms with van der Waals surface area (Å²) in [4.78, 5) is 19.0. The first-order valence-electron chi connectivity index (χ1n) is 5.87. The third kappa shape index (κ3) is 4.44. The Labute approximate surface area is 107 Å². The number of rotatable bonds is 6. The molecule has 17 heavy (non-hydrogen) atoms. The highest BCUT2D eigenvalue weighted by Gasteiger charge is 2.12. The number of nitrogens with zero attached hydrogens (tertiary/aromatic N) is 2. The van der Waals surface area contributed by atoms with Crippen LogP contribution in [0.4, 0.5) is 0 Å². The second-order valence-corrected chi connectivity index (χ2v) is 5.43. The normalized spacial score (nSPS) is 12.5. The van der Waals surface area contributed by atoms with Gasteiger partial charge in [0.05, 0.1) is 17.7 Å². The fourth-order valence-corrected chi connectivity index (χ4v) is 2.29. The summed E-state index contributed by atoms with van der Waals surface area (Å²) in [6.45, 7) is 5.35. The van der Waals surface area contributed by atoms with Crippen LogP contribution in [0.5, 0.6) is 0 Å². The molecule has 1 atom stereocenters. The Kier molecular flexibility index (Phi) is 5.58. The smallest absolute Gasteiger partial charge is 0.222 e. The molecule has 0 bridgehead atoms. The SMILES string of the molecule is Cc1ncsc1CN(C)C(=O)CCC(C)CN. The number of thiazole rings is 1. The molecule has 0 spiro atoms. The lowest BCUT2D eigenvalue weighted by molar-refractivity contribution is -0.130. The van der Waals surface area contributed by atoms with Crippen molar-refractivity contribution in [1.82, 2.24) is 9.88 Å². The molecule has 0 aliphatic rings. The Morgan fingerprint density at radius 2 is 2.35 bits per heavy atom. The van der Waals surface area contributed by atoms with Crippen LogP contribution >= 0.6 is 11.3 Å². The Bertz CT molecular complexity index is 364. The van der Waals surface area contributed by atoms with Crippen molar-refractivity contribution in [1.29, 1.82) is 0 Å². The van der Waals surface area contributed by atoms with Gasteiger partial charge in [0.2, 0.25) is 5.91 Å². The van der Waals surface area contributed by atoms with Gasteiger partial charge in [-0.3, -0.25) is 4.79 Å². The molecule has 5 heteroatoms. The third-order valence-corrected chi connectivity index (χ3v) is 3.82. The van der Waals surface area contributed by atoms with Gasteiger partial charge in [0.1, 0.15) is 0 Å². The summed E-state index contributed by atoms with van der Waals surface area (Å²) in [6.07, 6.45) is 1.44. The van der Waals surface area contributed by atoms with Gasteiger partial charge >= 0.3 is 0 Å². The molecular weight excluding hydrogens is 234 g/mol. The lowest BCUT2D eigenvalue weighted by Crippen LogP contribution is -2.26. The number of carbonyl (C=O) groups excluding carboxylic acids is 1. The van der Waals surface area contributed by atoms with Crippen molar-refractivity contribution in [2.75, 3.05) is 13.6 Å². The minimum absolute atomic E-state index is 0.179. The van der Waals surface area contributed by atoms with Crippen molar-refractivity contribution in [2.24, 2.45) is 11.7 Å². The highest BCUT2D eigenvalue weighted by atomic mass is 32.1.